The summed E-state index contributed by atoms with van der Waals surface area (Å²) in [6, 6.07) is -2.04. The van der Waals surface area contributed by atoms with Crippen molar-refractivity contribution in [3.05, 3.63) is 11.6 Å². The van der Waals surface area contributed by atoms with Gasteiger partial charge in [0.2, 0.25) is 0 Å². The van der Waals surface area contributed by atoms with Crippen LogP contribution in [-0.4, -0.2) is 0 Å². The monoisotopic (exact) mass is 212 g/mol. The molecule has 2 fully saturated rings. The van der Waals surface area contributed by atoms with Gasteiger partial charge in [0.05, 0.1) is 1.37 Å². The Labute approximate surface area is 119 Å². The molecule has 78 valence electrons. The predicted octanol–water partition coefficient (Wildman–Crippen LogP) is 4.31. The largest absolute Gasteiger partial charge is 0.0817 e. The zero-order valence-electron chi connectivity index (χ0n) is 29.0. The fourth-order valence-corrected chi connectivity index (χ4v) is 1.25. The SMILES string of the molecule is [2H]C1=C2C([2H])([2H])C([2H])([2H])C([2H])([2H])C([2H])([2H])C2([2H])C([2H])([2H])C2([2H])C([2H])([2H])C([2H])([2H])C([2H])([2H])C([2H])([2H])C12[2H]. The maximum atomic E-state index is 8.82. The van der Waals surface area contributed by atoms with Crippen LogP contribution in [-0.2, 0) is 0 Å². The molecule has 3 rings (SSSR count). The van der Waals surface area contributed by atoms with Crippen molar-refractivity contribution in [3.8, 4) is 0 Å². The van der Waals surface area contributed by atoms with E-state index in [1.54, 1.807) is 0 Å². The number of hydrogen-bond donors (Lipinski definition) is 0. The summed E-state index contributed by atoms with van der Waals surface area (Å²) in [7, 11) is 0. The first-order chi connectivity index (χ1) is 15.3. The molecule has 3 atom stereocenters. The standard InChI is InChI=1S/C14H22/c1-2-6-12-10-14-8-4-3-7-13(14)9-11(12)5-1/h9,11-12,14H,1-8,10H2/i1D2,2D2,3D2,4D2,5D2,6D2,7D2,8D2,9D,10D2,11D,12D,14D. The van der Waals surface area contributed by atoms with Gasteiger partial charge in [0.25, 0.3) is 0 Å². The zero-order valence-corrected chi connectivity index (χ0v) is 7.00. The van der Waals surface area contributed by atoms with Crippen LogP contribution >= 0.6 is 0 Å². The van der Waals surface area contributed by atoms with E-state index in [9.17, 15) is 0 Å². The average Bonchev–Trinajstić information content (AvgIpc) is 2.68. The molecule has 3 unspecified atom stereocenters. The topological polar surface area (TPSA) is 0 Å². The van der Waals surface area contributed by atoms with Gasteiger partial charge in [-0.3, -0.25) is 0 Å². The Kier molecular flexibility index (Phi) is 0.416. The third-order valence-electron chi connectivity index (χ3n) is 1.88. The molecule has 0 bridgehead atoms. The molecule has 0 aromatic carbocycles. The molecule has 0 nitrogen and oxygen atoms in total. The van der Waals surface area contributed by atoms with Crippen LogP contribution in [0.15, 0.2) is 11.6 Å². The van der Waals surface area contributed by atoms with E-state index >= 15 is 0 Å². The van der Waals surface area contributed by atoms with Crippen molar-refractivity contribution < 1.29 is 30.2 Å². The number of allylic oxidation sites excluding steroid dienone is 2. The molecule has 0 N–H and O–H groups in total. The van der Waals surface area contributed by atoms with Gasteiger partial charge in [-0.1, -0.05) is 30.7 Å². The lowest BCUT2D eigenvalue weighted by Gasteiger charge is -2.40. The summed E-state index contributed by atoms with van der Waals surface area (Å²) >= 11 is 0. The minimum atomic E-state index is -4.47. The summed E-state index contributed by atoms with van der Waals surface area (Å²) in [6.45, 7) is 0. The van der Waals surface area contributed by atoms with E-state index in [1.807, 2.05) is 0 Å². The zero-order chi connectivity index (χ0) is 29.2. The Hall–Kier alpha value is -0.260. The van der Waals surface area contributed by atoms with Crippen molar-refractivity contribution >= 4 is 0 Å². The van der Waals surface area contributed by atoms with Gasteiger partial charge in [0.15, 0.2) is 0 Å². The molecule has 3 aliphatic rings. The minimum absolute atomic E-state index is 1.93. The van der Waals surface area contributed by atoms with Crippen molar-refractivity contribution in [2.45, 2.75) is 57.4 Å². The van der Waals surface area contributed by atoms with E-state index in [1.165, 1.54) is 0 Å². The van der Waals surface area contributed by atoms with Gasteiger partial charge in [0.1, 0.15) is 0 Å². The number of hydrogen-bond acceptors (Lipinski definition) is 0. The molecule has 14 heavy (non-hydrogen) atoms. The Morgan fingerprint density at radius 2 is 2.07 bits per heavy atom. The van der Waals surface area contributed by atoms with Crippen molar-refractivity contribution in [2.24, 2.45) is 17.7 Å². The van der Waals surface area contributed by atoms with E-state index in [4.69, 9.17) is 30.2 Å². The van der Waals surface area contributed by atoms with Crippen LogP contribution in [0.1, 0.15) is 87.5 Å². The predicted molar refractivity (Wildman–Crippen MR) is 60.1 cm³/mol. The molecule has 0 heteroatoms. The number of rotatable bonds is 0. The average molecular weight is 212 g/mol. The highest BCUT2D eigenvalue weighted by molar-refractivity contribution is 5.16. The molecule has 0 heterocycles. The summed E-state index contributed by atoms with van der Waals surface area (Å²) in [4.78, 5) is 0. The molecule has 0 aliphatic heterocycles. The van der Waals surface area contributed by atoms with Gasteiger partial charge in [0, 0.05) is 28.8 Å². The Bertz CT molecular complexity index is 1050. The smallest absolute Gasteiger partial charge is 0.0579 e. The first kappa shape index (κ1) is 1.57. The fourth-order valence-electron chi connectivity index (χ4n) is 1.25. The lowest BCUT2D eigenvalue weighted by Crippen LogP contribution is -2.28. The lowest BCUT2D eigenvalue weighted by molar-refractivity contribution is 0.207. The van der Waals surface area contributed by atoms with Gasteiger partial charge in [-0.05, 0) is 55.9 Å². The quantitative estimate of drug-likeness (QED) is 0.525. The van der Waals surface area contributed by atoms with Crippen LogP contribution < -0.4 is 0 Å². The van der Waals surface area contributed by atoms with Crippen molar-refractivity contribution in [1.29, 1.82) is 0 Å². The molecular formula is C14H22. The van der Waals surface area contributed by atoms with Crippen molar-refractivity contribution in [1.82, 2.24) is 0 Å². The Morgan fingerprint density at radius 3 is 3.07 bits per heavy atom. The van der Waals surface area contributed by atoms with E-state index in [0.29, 0.717) is 0 Å². The van der Waals surface area contributed by atoms with Gasteiger partial charge >= 0.3 is 0 Å². The maximum absolute atomic E-state index is 8.82. The van der Waals surface area contributed by atoms with Crippen LogP contribution in [0.5, 0.6) is 0 Å². The van der Waals surface area contributed by atoms with Crippen LogP contribution in [0, 0.1) is 17.7 Å². The molecule has 0 radical (unpaired) electrons. The highest BCUT2D eigenvalue weighted by Crippen LogP contribution is 2.46. The molecule has 0 amide bonds. The molecule has 0 aromatic heterocycles. The van der Waals surface area contributed by atoms with E-state index in [2.05, 4.69) is 0 Å². The van der Waals surface area contributed by atoms with Gasteiger partial charge in [-0.15, -0.1) is 0 Å². The van der Waals surface area contributed by atoms with E-state index < -0.39 is 86.7 Å². The first-order valence-corrected chi connectivity index (χ1v) is 4.00. The molecule has 3 aliphatic carbocycles. The van der Waals surface area contributed by atoms with Crippen LogP contribution in [0.25, 0.3) is 0 Å². The van der Waals surface area contributed by atoms with Crippen LogP contribution in [0.3, 0.4) is 0 Å². The molecule has 0 saturated heterocycles. The normalized spacial score (nSPS) is 114. The molecule has 0 aromatic rings. The van der Waals surface area contributed by atoms with E-state index in [-0.39, 0.29) is 0 Å². The minimum Gasteiger partial charge on any atom is -0.0817 e. The highest BCUT2D eigenvalue weighted by atomic mass is 14.4. The fraction of sp³-hybridized carbons (Fsp3) is 0.857. The van der Waals surface area contributed by atoms with Gasteiger partial charge in [-0.2, -0.15) is 0 Å². The lowest BCUT2D eigenvalue weighted by atomic mass is 9.65. The van der Waals surface area contributed by atoms with Gasteiger partial charge < -0.3 is 0 Å². The van der Waals surface area contributed by atoms with Crippen LogP contribution in [0.4, 0.5) is 0 Å². The summed E-state index contributed by atoms with van der Waals surface area (Å²) in [5, 5.41) is 0. The van der Waals surface area contributed by atoms with Crippen LogP contribution in [0.2, 0.25) is 0 Å². The third-order valence-corrected chi connectivity index (χ3v) is 1.88. The summed E-state index contributed by atoms with van der Waals surface area (Å²) in [5.41, 5.74) is -1.93. The first-order valence-electron chi connectivity index (χ1n) is 15.0. The van der Waals surface area contributed by atoms with E-state index in [0.717, 1.165) is 0 Å². The highest BCUT2D eigenvalue weighted by Gasteiger charge is 2.33. The second-order valence-electron chi connectivity index (χ2n) is 2.75. The summed E-state index contributed by atoms with van der Waals surface area (Å²) in [6.07, 6.45) is -37.6. The van der Waals surface area contributed by atoms with Crippen molar-refractivity contribution in [3.63, 3.8) is 0 Å². The molecule has 0 spiro atoms. The molecule has 2 saturated carbocycles. The second kappa shape index (κ2) is 3.72. The maximum Gasteiger partial charge on any atom is 0.0579 e. The second-order valence-corrected chi connectivity index (χ2v) is 2.75. The summed E-state index contributed by atoms with van der Waals surface area (Å²) in [5.74, 6) is -12.9. The Balaban J connectivity index is 2.78. The van der Waals surface area contributed by atoms with Gasteiger partial charge in [-0.25, -0.2) is 0 Å². The van der Waals surface area contributed by atoms with Crippen molar-refractivity contribution in [2.75, 3.05) is 0 Å². The third kappa shape index (κ3) is 1.53. The summed E-state index contributed by atoms with van der Waals surface area (Å²) < 4.78 is 183. The Morgan fingerprint density at radius 1 is 1.21 bits per heavy atom. The molecular weight excluding hydrogens is 168 g/mol. The number of fused-ring (bicyclic) bond motifs is 2.